The third-order valence-corrected chi connectivity index (χ3v) is 4.08. The van der Waals surface area contributed by atoms with Gasteiger partial charge in [0.05, 0.1) is 18.4 Å². The third kappa shape index (κ3) is 4.73. The third-order valence-electron chi connectivity index (χ3n) is 4.08. The van der Waals surface area contributed by atoms with Gasteiger partial charge in [0.15, 0.2) is 0 Å². The molecule has 15 heteroatoms. The topological polar surface area (TPSA) is 26.3 Å². The summed E-state index contributed by atoms with van der Waals surface area (Å²) in [4.78, 5) is 11.6. The fourth-order valence-corrected chi connectivity index (χ4v) is 2.15. The quantitative estimate of drug-likeness (QED) is 0.266. The van der Waals surface area contributed by atoms with E-state index in [0.717, 1.165) is 0 Å². The van der Waals surface area contributed by atoms with Gasteiger partial charge >= 0.3 is 41.8 Å². The number of esters is 1. The van der Waals surface area contributed by atoms with Gasteiger partial charge in [-0.25, -0.2) is 0 Å². The summed E-state index contributed by atoms with van der Waals surface area (Å²) in [6.45, 7) is 2.37. The molecule has 0 aliphatic rings. The normalized spacial score (nSPS) is 15.3. The molecule has 0 aromatic rings. The van der Waals surface area contributed by atoms with E-state index >= 15 is 0 Å². The Morgan fingerprint density at radius 1 is 0.667 bits per heavy atom. The molecule has 0 aromatic heterocycles. The van der Waals surface area contributed by atoms with Crippen molar-refractivity contribution in [1.29, 1.82) is 0 Å². The van der Waals surface area contributed by atoms with E-state index in [1.54, 1.807) is 6.92 Å². The summed E-state index contributed by atoms with van der Waals surface area (Å²) in [7, 11) is 0. The molecule has 180 valence electrons. The number of alkyl halides is 13. The van der Waals surface area contributed by atoms with Gasteiger partial charge in [-0.1, -0.05) is 13.3 Å². The first-order valence-corrected chi connectivity index (χ1v) is 8.07. The van der Waals surface area contributed by atoms with Gasteiger partial charge in [-0.3, -0.25) is 4.79 Å². The Kier molecular flexibility index (Phi) is 7.85. The maximum Gasteiger partial charge on any atom is 0.460 e. The molecule has 0 spiro atoms. The van der Waals surface area contributed by atoms with Crippen molar-refractivity contribution in [3.8, 4) is 0 Å². The van der Waals surface area contributed by atoms with Crippen LogP contribution >= 0.6 is 0 Å². The summed E-state index contributed by atoms with van der Waals surface area (Å²) in [5.41, 5.74) is -1.32. The van der Waals surface area contributed by atoms with Crippen LogP contribution < -0.4 is 0 Å². The lowest BCUT2D eigenvalue weighted by Gasteiger charge is -2.39. The average molecular weight is 476 g/mol. The fraction of sp³-hybridized carbons (Fsp3) is 0.933. The summed E-state index contributed by atoms with van der Waals surface area (Å²) in [5.74, 6) is -38.4. The molecule has 0 atom stereocenters. The molecule has 0 saturated carbocycles. The second-order valence-corrected chi connectivity index (χ2v) is 7.02. The van der Waals surface area contributed by atoms with Crippen LogP contribution in [0.3, 0.4) is 0 Å². The minimum Gasteiger partial charge on any atom is -0.465 e. The molecule has 2 nitrogen and oxygen atoms in total. The van der Waals surface area contributed by atoms with Crippen LogP contribution in [0.15, 0.2) is 0 Å². The molecule has 0 amide bonds. The van der Waals surface area contributed by atoms with Gasteiger partial charge in [0.2, 0.25) is 0 Å². The zero-order valence-electron chi connectivity index (χ0n) is 15.6. The standard InChI is InChI=1S/C15H17F13O2/c1-4-5-9(2,3)8(29)30-7-6-10(16,17)11(18,19)12(20,21)13(22,23)14(24,25)15(26,27)28/h4-7H2,1-3H3. The van der Waals surface area contributed by atoms with Crippen LogP contribution in [0.1, 0.15) is 40.0 Å². The van der Waals surface area contributed by atoms with Crippen molar-refractivity contribution in [2.24, 2.45) is 5.41 Å². The molecule has 0 aliphatic heterocycles. The van der Waals surface area contributed by atoms with Gasteiger partial charge in [0, 0.05) is 0 Å². The molecular weight excluding hydrogens is 459 g/mol. The number of carbonyl (C=O) groups excluding carboxylic acids is 1. The summed E-state index contributed by atoms with van der Waals surface area (Å²) in [5, 5.41) is 0. The molecular formula is C15H17F13O2. The van der Waals surface area contributed by atoms with E-state index in [-0.39, 0.29) is 6.42 Å². The van der Waals surface area contributed by atoms with Gasteiger partial charge in [-0.05, 0) is 20.3 Å². The Bertz CT molecular complexity index is 608. The molecule has 0 aliphatic carbocycles. The van der Waals surface area contributed by atoms with E-state index in [9.17, 15) is 61.9 Å². The van der Waals surface area contributed by atoms with E-state index in [1.807, 2.05) is 0 Å². The van der Waals surface area contributed by atoms with Crippen molar-refractivity contribution in [3.05, 3.63) is 0 Å². The predicted molar refractivity (Wildman–Crippen MR) is 75.1 cm³/mol. The summed E-state index contributed by atoms with van der Waals surface area (Å²) < 4.78 is 172. The minimum absolute atomic E-state index is 0.120. The van der Waals surface area contributed by atoms with E-state index < -0.39 is 60.2 Å². The number of ether oxygens (including phenoxy) is 1. The van der Waals surface area contributed by atoms with Gasteiger partial charge in [-0.15, -0.1) is 0 Å². The highest BCUT2D eigenvalue weighted by Crippen LogP contribution is 2.60. The molecule has 0 N–H and O–H groups in total. The zero-order valence-corrected chi connectivity index (χ0v) is 15.6. The molecule has 0 aromatic carbocycles. The summed E-state index contributed by atoms with van der Waals surface area (Å²) in [6, 6.07) is 0. The van der Waals surface area contributed by atoms with Crippen LogP contribution in [0.2, 0.25) is 0 Å². The van der Waals surface area contributed by atoms with Crippen molar-refractivity contribution < 1.29 is 66.6 Å². The number of halogens is 13. The Balaban J connectivity index is 5.69. The SMILES string of the molecule is CCCC(C)(C)C(=O)OCCC(F)(F)C(F)(F)C(F)(F)C(F)(F)C(F)(F)C(F)(F)F. The van der Waals surface area contributed by atoms with Crippen LogP contribution in [0, 0.1) is 5.41 Å². The fourth-order valence-electron chi connectivity index (χ4n) is 2.15. The molecule has 0 heterocycles. The smallest absolute Gasteiger partial charge is 0.460 e. The zero-order chi connectivity index (χ0) is 24.6. The first-order chi connectivity index (χ1) is 12.9. The lowest BCUT2D eigenvalue weighted by Crippen LogP contribution is -2.70. The van der Waals surface area contributed by atoms with Gasteiger partial charge in [0.25, 0.3) is 0 Å². The molecule has 0 rings (SSSR count). The second kappa shape index (κ2) is 8.24. The molecule has 0 saturated heterocycles. The Morgan fingerprint density at radius 3 is 1.43 bits per heavy atom. The van der Waals surface area contributed by atoms with Gasteiger partial charge in [-0.2, -0.15) is 57.1 Å². The number of hydrogen-bond acceptors (Lipinski definition) is 2. The highest BCUT2D eigenvalue weighted by Gasteiger charge is 2.90. The van der Waals surface area contributed by atoms with Gasteiger partial charge < -0.3 is 4.74 Å². The molecule has 0 bridgehead atoms. The number of hydrogen-bond donors (Lipinski definition) is 0. The minimum atomic E-state index is -7.94. The van der Waals surface area contributed by atoms with Gasteiger partial charge in [0.1, 0.15) is 0 Å². The largest absolute Gasteiger partial charge is 0.465 e. The van der Waals surface area contributed by atoms with Crippen molar-refractivity contribution in [2.45, 2.75) is 75.8 Å². The maximum absolute atomic E-state index is 13.5. The summed E-state index contributed by atoms with van der Waals surface area (Å²) in [6.07, 6.45) is -9.51. The van der Waals surface area contributed by atoms with Crippen molar-refractivity contribution in [3.63, 3.8) is 0 Å². The van der Waals surface area contributed by atoms with Crippen LogP contribution in [0.25, 0.3) is 0 Å². The van der Waals surface area contributed by atoms with Crippen LogP contribution in [0.5, 0.6) is 0 Å². The number of carbonyl (C=O) groups is 1. The van der Waals surface area contributed by atoms with Crippen molar-refractivity contribution >= 4 is 5.97 Å². The molecule has 0 fully saturated rings. The van der Waals surface area contributed by atoms with Crippen molar-refractivity contribution in [2.75, 3.05) is 6.61 Å². The Labute approximate surface area is 161 Å². The lowest BCUT2D eigenvalue weighted by molar-refractivity contribution is -0.440. The predicted octanol–water partition coefficient (Wildman–Crippen LogP) is 6.48. The van der Waals surface area contributed by atoms with E-state index in [0.29, 0.717) is 6.42 Å². The molecule has 0 unspecified atom stereocenters. The Morgan fingerprint density at radius 2 is 1.07 bits per heavy atom. The monoisotopic (exact) mass is 476 g/mol. The average Bonchev–Trinajstić information content (AvgIpc) is 2.52. The van der Waals surface area contributed by atoms with E-state index in [1.165, 1.54) is 13.8 Å². The molecule has 0 radical (unpaired) electrons. The van der Waals surface area contributed by atoms with Crippen LogP contribution in [-0.4, -0.2) is 48.4 Å². The van der Waals surface area contributed by atoms with E-state index in [2.05, 4.69) is 4.74 Å². The van der Waals surface area contributed by atoms with E-state index in [4.69, 9.17) is 0 Å². The summed E-state index contributed by atoms with van der Waals surface area (Å²) >= 11 is 0. The molecule has 30 heavy (non-hydrogen) atoms. The lowest BCUT2D eigenvalue weighted by atomic mass is 9.88. The highest BCUT2D eigenvalue weighted by molar-refractivity contribution is 5.75. The number of rotatable bonds is 10. The first-order valence-electron chi connectivity index (χ1n) is 8.07. The Hall–Kier alpha value is -1.44. The van der Waals surface area contributed by atoms with Crippen LogP contribution in [0.4, 0.5) is 57.1 Å². The maximum atomic E-state index is 13.5. The van der Waals surface area contributed by atoms with Crippen LogP contribution in [-0.2, 0) is 9.53 Å². The first kappa shape index (κ1) is 28.6. The highest BCUT2D eigenvalue weighted by atomic mass is 19.4. The second-order valence-electron chi connectivity index (χ2n) is 7.02. The van der Waals surface area contributed by atoms with Crippen molar-refractivity contribution in [1.82, 2.24) is 0 Å².